The molecule has 0 atom stereocenters. The Morgan fingerprint density at radius 3 is 2.23 bits per heavy atom. The topological polar surface area (TPSA) is 107 Å². The second kappa shape index (κ2) is 18.7. The van der Waals surface area contributed by atoms with Crippen LogP contribution in [0.5, 0.6) is 5.75 Å². The fourth-order valence-electron chi connectivity index (χ4n) is 3.92. The highest BCUT2D eigenvalue weighted by molar-refractivity contribution is 6.06. The third-order valence-corrected chi connectivity index (χ3v) is 6.22. The zero-order chi connectivity index (χ0) is 29.2. The summed E-state index contributed by atoms with van der Waals surface area (Å²) in [6.45, 7) is 9.57. The van der Waals surface area contributed by atoms with Gasteiger partial charge in [0.1, 0.15) is 35.2 Å². The summed E-state index contributed by atoms with van der Waals surface area (Å²) >= 11 is 5.02. The first-order chi connectivity index (χ1) is 19.4. The van der Waals surface area contributed by atoms with Crippen LogP contribution >= 0.6 is 11.9 Å². The predicted octanol–water partition coefficient (Wildman–Crippen LogP) is 6.69. The number of unbranched alkanes of at least 4 members (excludes halogenated alkanes) is 3. The SMILES string of the molecule is C=CC(=O)OCCCCCCOc1ccc(C(=O)OC2CCC(C(=O)O/C(C=C)=C/C=C(\C)OOCl)CC2)cc1. The Morgan fingerprint density at radius 1 is 0.925 bits per heavy atom. The minimum absolute atomic E-state index is 0.263. The van der Waals surface area contributed by atoms with E-state index in [0.717, 1.165) is 31.8 Å². The summed E-state index contributed by atoms with van der Waals surface area (Å²) < 4.78 is 25.8. The fraction of sp³-hybridized carbons (Fsp3) is 0.433. The van der Waals surface area contributed by atoms with Crippen LogP contribution in [-0.4, -0.2) is 37.2 Å². The zero-order valence-corrected chi connectivity index (χ0v) is 23.6. The number of carbonyl (C=O) groups is 3. The first-order valence-corrected chi connectivity index (χ1v) is 13.6. The Labute approximate surface area is 240 Å². The summed E-state index contributed by atoms with van der Waals surface area (Å²) in [6.07, 6.45) is 11.2. The molecule has 1 aliphatic carbocycles. The van der Waals surface area contributed by atoms with Crippen molar-refractivity contribution in [1.82, 2.24) is 0 Å². The molecule has 1 aliphatic rings. The molecule has 0 radical (unpaired) electrons. The molecule has 2 rings (SSSR count). The summed E-state index contributed by atoms with van der Waals surface area (Å²) in [5.74, 6) is -0.150. The Kier molecular flexibility index (Phi) is 15.2. The second-order valence-corrected chi connectivity index (χ2v) is 9.28. The first kappa shape index (κ1) is 32.7. The summed E-state index contributed by atoms with van der Waals surface area (Å²) in [5, 5.41) is 0. The molecule has 0 N–H and O–H groups in total. The van der Waals surface area contributed by atoms with E-state index >= 15 is 0 Å². The van der Waals surface area contributed by atoms with Crippen LogP contribution in [0.15, 0.2) is 73.2 Å². The van der Waals surface area contributed by atoms with Crippen molar-refractivity contribution in [3.63, 3.8) is 0 Å². The van der Waals surface area contributed by atoms with E-state index in [1.165, 1.54) is 18.2 Å². The van der Waals surface area contributed by atoms with Gasteiger partial charge in [0.2, 0.25) is 0 Å². The van der Waals surface area contributed by atoms with Crippen LogP contribution in [0.2, 0.25) is 0 Å². The molecule has 1 saturated carbocycles. The minimum atomic E-state index is -0.406. The molecule has 0 saturated heterocycles. The van der Waals surface area contributed by atoms with Crippen LogP contribution in [0, 0.1) is 5.92 Å². The van der Waals surface area contributed by atoms with Gasteiger partial charge in [-0.25, -0.2) is 9.59 Å². The first-order valence-electron chi connectivity index (χ1n) is 13.3. The molecular formula is C30H37ClO9. The van der Waals surface area contributed by atoms with Crippen LogP contribution in [0.3, 0.4) is 0 Å². The number of hydrogen-bond donors (Lipinski definition) is 0. The molecule has 1 aromatic carbocycles. The standard InChI is InChI=1S/C30H37ClO9/c1-4-25(15-10-22(3)39-40-31)37-29(33)24-13-18-27(19-14-24)38-30(34)23-11-16-26(17-12-23)35-20-8-6-7-9-21-36-28(32)5-2/h4-5,10-12,15-17,24,27H,1-2,6-9,13-14,18-21H2,3H3/b22-10+,25-15+. The maximum atomic E-state index is 12.6. The van der Waals surface area contributed by atoms with Crippen molar-refractivity contribution in [1.29, 1.82) is 0 Å². The Bertz CT molecular complexity index is 1040. The van der Waals surface area contributed by atoms with E-state index in [0.29, 0.717) is 56.0 Å². The number of halogens is 1. The maximum absolute atomic E-state index is 12.6. The molecule has 40 heavy (non-hydrogen) atoms. The van der Waals surface area contributed by atoms with Gasteiger partial charge in [-0.05, 0) is 101 Å². The van der Waals surface area contributed by atoms with Gasteiger partial charge in [-0.3, -0.25) is 4.79 Å². The minimum Gasteiger partial charge on any atom is -0.494 e. The van der Waals surface area contributed by atoms with Crippen LogP contribution in [0.25, 0.3) is 0 Å². The molecule has 0 spiro atoms. The van der Waals surface area contributed by atoms with Gasteiger partial charge >= 0.3 is 17.9 Å². The summed E-state index contributed by atoms with van der Waals surface area (Å²) in [4.78, 5) is 40.8. The van der Waals surface area contributed by atoms with Gasteiger partial charge in [-0.2, -0.15) is 0 Å². The van der Waals surface area contributed by atoms with Crippen LogP contribution in [-0.2, 0) is 33.1 Å². The van der Waals surface area contributed by atoms with E-state index in [2.05, 4.69) is 22.5 Å². The number of ether oxygens (including phenoxy) is 4. The van der Waals surface area contributed by atoms with Crippen LogP contribution in [0.4, 0.5) is 0 Å². The van der Waals surface area contributed by atoms with E-state index in [9.17, 15) is 14.4 Å². The lowest BCUT2D eigenvalue weighted by Gasteiger charge is -2.27. The average molecular weight is 577 g/mol. The van der Waals surface area contributed by atoms with Gasteiger partial charge in [-0.1, -0.05) is 17.6 Å². The molecule has 9 nitrogen and oxygen atoms in total. The molecule has 0 bridgehead atoms. The molecule has 1 fully saturated rings. The van der Waals surface area contributed by atoms with Gasteiger partial charge in [-0.15, -0.1) is 0 Å². The summed E-state index contributed by atoms with van der Waals surface area (Å²) in [6, 6.07) is 6.85. The van der Waals surface area contributed by atoms with Crippen molar-refractivity contribution in [2.24, 2.45) is 5.92 Å². The Balaban J connectivity index is 1.67. The van der Waals surface area contributed by atoms with Gasteiger partial charge in [0.05, 0.1) is 24.7 Å². The van der Waals surface area contributed by atoms with E-state index in [1.807, 2.05) is 0 Å². The normalized spacial score (nSPS) is 17.4. The molecule has 218 valence electrons. The van der Waals surface area contributed by atoms with Gasteiger partial charge in [0.15, 0.2) is 0 Å². The van der Waals surface area contributed by atoms with Crippen LogP contribution < -0.4 is 4.74 Å². The number of hydrogen-bond acceptors (Lipinski definition) is 9. The Morgan fingerprint density at radius 2 is 1.60 bits per heavy atom. The Hall–Kier alpha value is -3.56. The van der Waals surface area contributed by atoms with E-state index in [-0.39, 0.29) is 23.8 Å². The highest BCUT2D eigenvalue weighted by atomic mass is 35.5. The second-order valence-electron chi connectivity index (χ2n) is 9.16. The number of allylic oxidation sites excluding steroid dienone is 4. The largest absolute Gasteiger partial charge is 0.494 e. The highest BCUT2D eigenvalue weighted by Gasteiger charge is 2.30. The van der Waals surface area contributed by atoms with E-state index in [1.54, 1.807) is 31.2 Å². The summed E-state index contributed by atoms with van der Waals surface area (Å²) in [7, 11) is 0. The number of esters is 3. The molecule has 0 amide bonds. The average Bonchev–Trinajstić information content (AvgIpc) is 2.97. The van der Waals surface area contributed by atoms with E-state index in [4.69, 9.17) is 30.8 Å². The molecule has 0 aliphatic heterocycles. The van der Waals surface area contributed by atoms with Crippen molar-refractivity contribution in [3.05, 3.63) is 78.8 Å². The molecule has 0 aromatic heterocycles. The van der Waals surface area contributed by atoms with Crippen molar-refractivity contribution in [2.45, 2.75) is 64.4 Å². The zero-order valence-electron chi connectivity index (χ0n) is 22.8. The molecule has 1 aromatic rings. The van der Waals surface area contributed by atoms with Crippen LogP contribution in [0.1, 0.15) is 68.6 Å². The lowest BCUT2D eigenvalue weighted by molar-refractivity contribution is -0.159. The highest BCUT2D eigenvalue weighted by Crippen LogP contribution is 2.29. The van der Waals surface area contributed by atoms with Gasteiger partial charge in [0.25, 0.3) is 0 Å². The lowest BCUT2D eigenvalue weighted by Crippen LogP contribution is -2.28. The van der Waals surface area contributed by atoms with Crippen molar-refractivity contribution >= 4 is 29.8 Å². The van der Waals surface area contributed by atoms with E-state index < -0.39 is 11.9 Å². The monoisotopic (exact) mass is 576 g/mol. The summed E-state index contributed by atoms with van der Waals surface area (Å²) in [5.41, 5.74) is 0.440. The predicted molar refractivity (Wildman–Crippen MR) is 149 cm³/mol. The smallest absolute Gasteiger partial charge is 0.338 e. The molecule has 0 heterocycles. The molecule has 0 unspecified atom stereocenters. The van der Waals surface area contributed by atoms with Gasteiger partial charge in [0, 0.05) is 6.08 Å². The lowest BCUT2D eigenvalue weighted by atomic mass is 9.87. The number of rotatable bonds is 17. The maximum Gasteiger partial charge on any atom is 0.338 e. The third kappa shape index (κ3) is 12.5. The van der Waals surface area contributed by atoms with Gasteiger partial charge < -0.3 is 23.8 Å². The fourth-order valence-corrected chi connectivity index (χ4v) is 4.02. The number of benzene rings is 1. The third-order valence-electron chi connectivity index (χ3n) is 6.15. The van der Waals surface area contributed by atoms with Crippen molar-refractivity contribution in [3.8, 4) is 5.75 Å². The van der Waals surface area contributed by atoms with Crippen molar-refractivity contribution in [2.75, 3.05) is 13.2 Å². The molecular weight excluding hydrogens is 540 g/mol. The molecule has 10 heteroatoms. The van der Waals surface area contributed by atoms with Crippen molar-refractivity contribution < 1.29 is 42.7 Å². The number of carbonyl (C=O) groups excluding carboxylic acids is 3. The quantitative estimate of drug-likeness (QED) is 0.0293.